The summed E-state index contributed by atoms with van der Waals surface area (Å²) in [5.41, 5.74) is 4.30. The molecule has 8 nitrogen and oxygen atoms in total. The maximum Gasteiger partial charge on any atom is 0.258 e. The quantitative estimate of drug-likeness (QED) is 0.537. The molecule has 1 aromatic carbocycles. The van der Waals surface area contributed by atoms with Gasteiger partial charge in [-0.3, -0.25) is 0 Å². The number of aliphatic hydroxyl groups excluding tert-OH is 2. The van der Waals surface area contributed by atoms with Crippen molar-refractivity contribution in [1.29, 1.82) is 0 Å². The van der Waals surface area contributed by atoms with Crippen molar-refractivity contribution in [3.63, 3.8) is 0 Å². The fourth-order valence-electron chi connectivity index (χ4n) is 3.48. The van der Waals surface area contributed by atoms with Crippen molar-refractivity contribution in [3.8, 4) is 28.6 Å². The van der Waals surface area contributed by atoms with Crippen molar-refractivity contribution in [2.75, 3.05) is 31.2 Å². The van der Waals surface area contributed by atoms with E-state index in [4.69, 9.17) is 14.4 Å². The minimum Gasteiger partial charge on any atom is -0.490 e. The van der Waals surface area contributed by atoms with E-state index in [2.05, 4.69) is 33.9 Å². The summed E-state index contributed by atoms with van der Waals surface area (Å²) >= 11 is 0. The van der Waals surface area contributed by atoms with Crippen molar-refractivity contribution < 1.29 is 19.5 Å². The molecule has 0 unspecified atom stereocenters. The first kappa shape index (κ1) is 22.7. The maximum absolute atomic E-state index is 9.53. The van der Waals surface area contributed by atoms with Crippen LogP contribution in [0.5, 0.6) is 5.75 Å². The summed E-state index contributed by atoms with van der Waals surface area (Å²) < 4.78 is 11.2. The number of hydrogen-bond donors (Lipinski definition) is 2. The van der Waals surface area contributed by atoms with Crippen LogP contribution in [0.4, 0.5) is 5.82 Å². The standard InChI is InChI=1S/C23H30N4O4/c1-6-27(7-2)20-11-18(10-16(5)24-20)23-25-22(26-31-23)17-8-14(3)21(15(4)9-17)30-13-19(29)12-28/h8-11,19,28-29H,6-7,12-13H2,1-5H3/t19-/m0/s1. The summed E-state index contributed by atoms with van der Waals surface area (Å²) in [6.45, 7) is 11.4. The van der Waals surface area contributed by atoms with E-state index in [1.165, 1.54) is 0 Å². The van der Waals surface area contributed by atoms with Crippen molar-refractivity contribution in [1.82, 2.24) is 15.1 Å². The molecule has 0 bridgehead atoms. The lowest BCUT2D eigenvalue weighted by molar-refractivity contribution is 0.0532. The largest absolute Gasteiger partial charge is 0.490 e. The molecular weight excluding hydrogens is 396 g/mol. The van der Waals surface area contributed by atoms with Crippen LogP contribution in [-0.4, -0.2) is 57.7 Å². The highest BCUT2D eigenvalue weighted by Gasteiger charge is 2.16. The average molecular weight is 427 g/mol. The van der Waals surface area contributed by atoms with Gasteiger partial charge in [-0.05, 0) is 70.0 Å². The highest BCUT2D eigenvalue weighted by molar-refractivity contribution is 5.65. The Morgan fingerprint density at radius 2 is 1.68 bits per heavy atom. The molecule has 0 aliphatic carbocycles. The van der Waals surface area contributed by atoms with Crippen LogP contribution in [0.25, 0.3) is 22.8 Å². The number of ether oxygens (including phenoxy) is 1. The lowest BCUT2D eigenvalue weighted by Crippen LogP contribution is -2.23. The molecule has 31 heavy (non-hydrogen) atoms. The third-order valence-corrected chi connectivity index (χ3v) is 5.05. The van der Waals surface area contributed by atoms with Crippen molar-refractivity contribution >= 4 is 5.82 Å². The van der Waals surface area contributed by atoms with Crippen LogP contribution in [0.15, 0.2) is 28.8 Å². The van der Waals surface area contributed by atoms with Gasteiger partial charge in [-0.25, -0.2) is 4.98 Å². The van der Waals surface area contributed by atoms with E-state index in [-0.39, 0.29) is 13.2 Å². The summed E-state index contributed by atoms with van der Waals surface area (Å²) in [4.78, 5) is 11.4. The number of anilines is 1. The summed E-state index contributed by atoms with van der Waals surface area (Å²) in [5, 5.41) is 22.7. The second-order valence-corrected chi connectivity index (χ2v) is 7.54. The molecular formula is C23H30N4O4. The van der Waals surface area contributed by atoms with E-state index < -0.39 is 6.10 Å². The van der Waals surface area contributed by atoms with Gasteiger partial charge in [0.15, 0.2) is 0 Å². The van der Waals surface area contributed by atoms with Gasteiger partial charge in [0.05, 0.1) is 6.61 Å². The number of rotatable bonds is 9. The Morgan fingerprint density at radius 3 is 2.29 bits per heavy atom. The first-order valence-electron chi connectivity index (χ1n) is 10.5. The lowest BCUT2D eigenvalue weighted by Gasteiger charge is -2.20. The van der Waals surface area contributed by atoms with E-state index in [9.17, 15) is 5.11 Å². The van der Waals surface area contributed by atoms with Gasteiger partial charge in [-0.2, -0.15) is 4.98 Å². The van der Waals surface area contributed by atoms with E-state index >= 15 is 0 Å². The highest BCUT2D eigenvalue weighted by atomic mass is 16.5. The van der Waals surface area contributed by atoms with E-state index in [0.29, 0.717) is 17.5 Å². The fourth-order valence-corrected chi connectivity index (χ4v) is 3.48. The number of pyridine rings is 1. The van der Waals surface area contributed by atoms with Gasteiger partial charge in [0.1, 0.15) is 24.3 Å². The molecule has 8 heteroatoms. The second kappa shape index (κ2) is 9.89. The highest BCUT2D eigenvalue weighted by Crippen LogP contribution is 2.31. The first-order valence-corrected chi connectivity index (χ1v) is 10.5. The monoisotopic (exact) mass is 426 g/mol. The normalized spacial score (nSPS) is 12.1. The van der Waals surface area contributed by atoms with Gasteiger partial charge < -0.3 is 24.4 Å². The van der Waals surface area contributed by atoms with Gasteiger partial charge in [-0.1, -0.05) is 5.16 Å². The van der Waals surface area contributed by atoms with Crippen LogP contribution in [0, 0.1) is 20.8 Å². The Kier molecular flexibility index (Phi) is 7.25. The number of aliphatic hydroxyl groups is 2. The fraction of sp³-hybridized carbons (Fsp3) is 0.435. The number of aromatic nitrogens is 3. The van der Waals surface area contributed by atoms with Crippen LogP contribution >= 0.6 is 0 Å². The topological polar surface area (TPSA) is 105 Å². The Bertz CT molecular complexity index is 1010. The number of nitrogens with zero attached hydrogens (tertiary/aromatic N) is 4. The third kappa shape index (κ3) is 5.21. The summed E-state index contributed by atoms with van der Waals surface area (Å²) in [6, 6.07) is 7.74. The van der Waals surface area contributed by atoms with Gasteiger partial charge >= 0.3 is 0 Å². The number of hydrogen-bond acceptors (Lipinski definition) is 8. The molecule has 0 saturated carbocycles. The molecule has 0 fully saturated rings. The van der Waals surface area contributed by atoms with Crippen LogP contribution in [0.1, 0.15) is 30.7 Å². The summed E-state index contributed by atoms with van der Waals surface area (Å²) in [6.07, 6.45) is -0.914. The van der Waals surface area contributed by atoms with Gasteiger partial charge in [0, 0.05) is 29.9 Å². The zero-order chi connectivity index (χ0) is 22.5. The van der Waals surface area contributed by atoms with Gasteiger partial charge in [0.2, 0.25) is 5.82 Å². The molecule has 0 radical (unpaired) electrons. The predicted octanol–water partition coefficient (Wildman–Crippen LogP) is 3.30. The van der Waals surface area contributed by atoms with E-state index in [1.807, 2.05) is 45.0 Å². The molecule has 166 valence electrons. The molecule has 0 spiro atoms. The lowest BCUT2D eigenvalue weighted by atomic mass is 10.1. The molecule has 3 aromatic rings. The van der Waals surface area contributed by atoms with Crippen LogP contribution in [0.3, 0.4) is 0 Å². The van der Waals surface area contributed by atoms with E-state index in [0.717, 1.165) is 46.9 Å². The third-order valence-electron chi connectivity index (χ3n) is 5.05. The minimum absolute atomic E-state index is 0.0279. The zero-order valence-electron chi connectivity index (χ0n) is 18.7. The SMILES string of the molecule is CCN(CC)c1cc(-c2nc(-c3cc(C)c(OC[C@@H](O)CO)c(C)c3)no2)cc(C)n1. The first-order chi connectivity index (χ1) is 14.9. The molecule has 2 N–H and O–H groups in total. The molecule has 0 aliphatic rings. The average Bonchev–Trinajstić information content (AvgIpc) is 3.24. The van der Waals surface area contributed by atoms with E-state index in [1.54, 1.807) is 0 Å². The smallest absolute Gasteiger partial charge is 0.258 e. The van der Waals surface area contributed by atoms with Crippen molar-refractivity contribution in [3.05, 3.63) is 41.1 Å². The molecule has 2 heterocycles. The maximum atomic E-state index is 9.53. The Morgan fingerprint density at radius 1 is 1.00 bits per heavy atom. The van der Waals surface area contributed by atoms with Crippen LogP contribution in [-0.2, 0) is 0 Å². The number of benzene rings is 1. The second-order valence-electron chi connectivity index (χ2n) is 7.54. The van der Waals surface area contributed by atoms with Crippen LogP contribution in [0.2, 0.25) is 0 Å². The molecule has 0 aliphatic heterocycles. The van der Waals surface area contributed by atoms with Gasteiger partial charge in [0.25, 0.3) is 5.89 Å². The Balaban J connectivity index is 1.89. The molecule has 0 amide bonds. The summed E-state index contributed by atoms with van der Waals surface area (Å²) in [5.74, 6) is 2.49. The predicted molar refractivity (Wildman–Crippen MR) is 119 cm³/mol. The van der Waals surface area contributed by atoms with Crippen LogP contribution < -0.4 is 9.64 Å². The number of aryl methyl sites for hydroxylation is 3. The molecule has 3 rings (SSSR count). The Hall–Kier alpha value is -2.97. The summed E-state index contributed by atoms with van der Waals surface area (Å²) in [7, 11) is 0. The van der Waals surface area contributed by atoms with Crippen molar-refractivity contribution in [2.45, 2.75) is 40.7 Å². The molecule has 0 saturated heterocycles. The molecule has 1 atom stereocenters. The Labute approximate surface area is 182 Å². The minimum atomic E-state index is -0.914. The van der Waals surface area contributed by atoms with Crippen molar-refractivity contribution in [2.24, 2.45) is 0 Å². The zero-order valence-corrected chi connectivity index (χ0v) is 18.7. The van der Waals surface area contributed by atoms with Gasteiger partial charge in [-0.15, -0.1) is 0 Å². The molecule has 2 aromatic heterocycles.